The quantitative estimate of drug-likeness (QED) is 0.272. The Bertz CT molecular complexity index is 1320. The summed E-state index contributed by atoms with van der Waals surface area (Å²) >= 11 is 6.41. The van der Waals surface area contributed by atoms with Crippen LogP contribution in [-0.2, 0) is 32.5 Å². The van der Waals surface area contributed by atoms with Crippen molar-refractivity contribution in [2.24, 2.45) is 22.1 Å². The molecule has 2 aromatic rings. The minimum atomic E-state index is -1.59. The van der Waals surface area contributed by atoms with Gasteiger partial charge in [-0.2, -0.15) is 10.6 Å². The molecule has 4 atom stereocenters. The zero-order chi connectivity index (χ0) is 28.1. The number of carbonyl (C=O) groups excluding carboxylic acids is 1. The van der Waals surface area contributed by atoms with E-state index in [1.165, 1.54) is 11.1 Å². The fraction of sp³-hybridized carbons (Fsp3) is 0.531. The standard InChI is InChI=1S/C32H40ClN2O4S/c1-3-22-7-6-9-30(38-2)28-14-11-26(28)20-35-19-25-10-13-27(33)17-23(25)8-4-5-16-39-31-15-12-24(18-29(31)35)32(36)34-40(37)21-22/h6,9-10,12-13,15,17-18,22,26,28,30H,3-5,7-8,11,14,16,19-21H2,1-2H3/q-1/b9-6+/t22-,26-,28+,30-/m0/s1. The molecule has 40 heavy (non-hydrogen) atoms. The lowest BCUT2D eigenvalue weighted by atomic mass is 9.70. The van der Waals surface area contributed by atoms with Gasteiger partial charge in [-0.25, -0.2) is 0 Å². The molecular formula is C32H40ClN2O4S-. The van der Waals surface area contributed by atoms with Crippen molar-refractivity contribution >= 4 is 33.8 Å². The molecule has 1 amide bonds. The summed E-state index contributed by atoms with van der Waals surface area (Å²) in [6, 6.07) is 11.7. The summed E-state index contributed by atoms with van der Waals surface area (Å²) in [5.74, 6) is 1.74. The van der Waals surface area contributed by atoms with Gasteiger partial charge in [0, 0.05) is 30.8 Å². The molecule has 2 aliphatic heterocycles. The fourth-order valence-electron chi connectivity index (χ4n) is 6.13. The highest BCUT2D eigenvalue weighted by molar-refractivity contribution is 7.75. The first kappa shape index (κ1) is 29.2. The second-order valence-corrected chi connectivity index (χ2v) is 12.9. The maximum Gasteiger partial charge on any atom is 0.254 e. The number of allylic oxidation sites excluding steroid dienone is 1. The van der Waals surface area contributed by atoms with Crippen molar-refractivity contribution in [2.45, 2.75) is 64.5 Å². The molecule has 0 spiro atoms. The maximum absolute atomic E-state index is 13.2. The number of rotatable bonds is 2. The van der Waals surface area contributed by atoms with Crippen LogP contribution in [0.4, 0.5) is 5.69 Å². The molecular weight excluding hydrogens is 544 g/mol. The Hall–Kier alpha value is -2.35. The van der Waals surface area contributed by atoms with Gasteiger partial charge in [0.2, 0.25) is 0 Å². The second kappa shape index (κ2) is 13.5. The third-order valence-corrected chi connectivity index (χ3v) is 10.1. The van der Waals surface area contributed by atoms with Crippen LogP contribution in [0.1, 0.15) is 66.9 Å². The highest BCUT2D eigenvalue weighted by Crippen LogP contribution is 2.42. The molecule has 0 N–H and O–H groups in total. The monoisotopic (exact) mass is 583 g/mol. The molecule has 1 aliphatic carbocycles. The number of aryl methyl sites for hydroxylation is 1. The average Bonchev–Trinajstić information content (AvgIpc) is 2.96. The van der Waals surface area contributed by atoms with Crippen molar-refractivity contribution in [1.82, 2.24) is 0 Å². The van der Waals surface area contributed by atoms with E-state index in [9.17, 15) is 9.00 Å². The molecule has 6 nitrogen and oxygen atoms in total. The maximum atomic E-state index is 13.2. The predicted octanol–water partition coefficient (Wildman–Crippen LogP) is 7.38. The Morgan fingerprint density at radius 2 is 2.02 bits per heavy atom. The molecule has 1 saturated carbocycles. The van der Waals surface area contributed by atoms with Crippen LogP contribution in [0.25, 0.3) is 0 Å². The van der Waals surface area contributed by atoms with Crippen molar-refractivity contribution in [2.75, 3.05) is 30.9 Å². The van der Waals surface area contributed by atoms with E-state index in [0.717, 1.165) is 68.0 Å². The molecule has 0 radical (unpaired) electrons. The molecule has 0 saturated heterocycles. The Kier molecular flexibility index (Phi) is 9.87. The molecule has 0 aromatic heterocycles. The number of benzene rings is 2. The van der Waals surface area contributed by atoms with Crippen molar-refractivity contribution < 1.29 is 18.5 Å². The molecule has 2 heterocycles. The number of ether oxygens (including phenoxy) is 2. The van der Waals surface area contributed by atoms with Crippen LogP contribution in [0, 0.1) is 17.8 Å². The highest BCUT2D eigenvalue weighted by atomic mass is 35.5. The second-order valence-electron chi connectivity index (χ2n) is 11.3. The molecule has 0 unspecified atom stereocenters. The normalized spacial score (nSPS) is 27.2. The Balaban J connectivity index is 1.60. The Morgan fingerprint density at radius 3 is 2.80 bits per heavy atom. The number of anilines is 1. The summed E-state index contributed by atoms with van der Waals surface area (Å²) < 4.78 is 29.3. The van der Waals surface area contributed by atoms with Crippen LogP contribution in [0.5, 0.6) is 5.75 Å². The predicted molar refractivity (Wildman–Crippen MR) is 162 cm³/mol. The lowest BCUT2D eigenvalue weighted by Gasteiger charge is -2.43. The van der Waals surface area contributed by atoms with Crippen LogP contribution < -0.4 is 9.64 Å². The van der Waals surface area contributed by atoms with Crippen LogP contribution in [0.2, 0.25) is 5.02 Å². The van der Waals surface area contributed by atoms with E-state index in [1.807, 2.05) is 18.2 Å². The number of fused-ring (bicyclic) bond motifs is 3. The summed E-state index contributed by atoms with van der Waals surface area (Å²) in [4.78, 5) is 15.6. The van der Waals surface area contributed by atoms with E-state index < -0.39 is 16.5 Å². The van der Waals surface area contributed by atoms with E-state index in [2.05, 4.69) is 40.5 Å². The first-order chi connectivity index (χ1) is 19.4. The number of amides is 1. The minimum absolute atomic E-state index is 0.0398. The minimum Gasteiger partial charge on any atom is -0.491 e. The zero-order valence-electron chi connectivity index (χ0n) is 23.5. The number of carbonyl (C=O) groups is 1. The van der Waals surface area contributed by atoms with Crippen LogP contribution in [0.15, 0.2) is 52.9 Å². The van der Waals surface area contributed by atoms with Gasteiger partial charge < -0.3 is 22.9 Å². The van der Waals surface area contributed by atoms with Gasteiger partial charge in [0.25, 0.3) is 5.91 Å². The van der Waals surface area contributed by atoms with Gasteiger partial charge in [-0.15, -0.1) is 0 Å². The molecule has 3 aliphatic rings. The van der Waals surface area contributed by atoms with E-state index in [4.69, 9.17) is 21.1 Å². The van der Waals surface area contributed by atoms with E-state index in [-0.39, 0.29) is 12.0 Å². The van der Waals surface area contributed by atoms with E-state index in [1.54, 1.807) is 13.2 Å². The summed E-state index contributed by atoms with van der Waals surface area (Å²) in [7, 11) is 0.205. The summed E-state index contributed by atoms with van der Waals surface area (Å²) in [6.45, 7) is 4.18. The average molecular weight is 584 g/mol. The SMILES string of the molecule is CC[C@H]1C/C=C/[C@H](OC)[C@@H]2CC[C@H]2CN2Cc3ccc(Cl)cc3CCCCOc3ccc(cc32)C(=O)N=[S-](=O)C1. The molecule has 2 bridgehead atoms. The van der Waals surface area contributed by atoms with Crippen molar-refractivity contribution in [3.63, 3.8) is 0 Å². The first-order valence-electron chi connectivity index (χ1n) is 14.6. The Labute approximate surface area is 245 Å². The van der Waals surface area contributed by atoms with E-state index >= 15 is 0 Å². The summed E-state index contributed by atoms with van der Waals surface area (Å²) in [6.07, 6.45) is 11.2. The number of methoxy groups -OCH3 is 1. The van der Waals surface area contributed by atoms with Crippen LogP contribution >= 0.6 is 11.6 Å². The van der Waals surface area contributed by atoms with Crippen LogP contribution in [0.3, 0.4) is 0 Å². The smallest absolute Gasteiger partial charge is 0.254 e. The van der Waals surface area contributed by atoms with Gasteiger partial charge in [-0.05, 0) is 91.8 Å². The van der Waals surface area contributed by atoms with E-state index in [0.29, 0.717) is 36.3 Å². The van der Waals surface area contributed by atoms with Crippen molar-refractivity contribution in [3.05, 3.63) is 70.3 Å². The van der Waals surface area contributed by atoms with Gasteiger partial charge in [0.05, 0.1) is 18.4 Å². The van der Waals surface area contributed by atoms with Crippen molar-refractivity contribution in [3.8, 4) is 5.75 Å². The number of hydrogen-bond donors (Lipinski definition) is 0. The first-order valence-corrected chi connectivity index (χ1v) is 16.2. The fourth-order valence-corrected chi connectivity index (χ4v) is 7.46. The van der Waals surface area contributed by atoms with Gasteiger partial charge in [0.1, 0.15) is 5.75 Å². The third-order valence-electron chi connectivity index (χ3n) is 8.73. The van der Waals surface area contributed by atoms with Crippen LogP contribution in [-0.4, -0.2) is 38.0 Å². The molecule has 2 aromatic carbocycles. The van der Waals surface area contributed by atoms with Gasteiger partial charge in [-0.3, -0.25) is 4.79 Å². The lowest BCUT2D eigenvalue weighted by Crippen LogP contribution is -2.43. The zero-order valence-corrected chi connectivity index (χ0v) is 25.1. The largest absolute Gasteiger partial charge is 0.491 e. The van der Waals surface area contributed by atoms with Crippen molar-refractivity contribution in [1.29, 1.82) is 0 Å². The topological polar surface area (TPSA) is 68.2 Å². The lowest BCUT2D eigenvalue weighted by molar-refractivity contribution is 0.0133. The summed E-state index contributed by atoms with van der Waals surface area (Å²) in [5, 5.41) is 0.750. The van der Waals surface area contributed by atoms with Gasteiger partial charge in [0.15, 0.2) is 0 Å². The Morgan fingerprint density at radius 1 is 1.15 bits per heavy atom. The molecule has 1 fully saturated rings. The van der Waals surface area contributed by atoms with Gasteiger partial charge >= 0.3 is 0 Å². The molecule has 8 heteroatoms. The number of nitrogens with zero attached hydrogens (tertiary/aromatic N) is 2. The highest BCUT2D eigenvalue weighted by Gasteiger charge is 2.37. The third kappa shape index (κ3) is 6.92. The molecule has 216 valence electrons. The van der Waals surface area contributed by atoms with Gasteiger partial charge in [-0.1, -0.05) is 54.8 Å². The molecule has 5 rings (SSSR count). The summed E-state index contributed by atoms with van der Waals surface area (Å²) in [5.41, 5.74) is 3.81. The number of halogens is 1. The number of hydrogen-bond acceptors (Lipinski definition) is 6.